The average Bonchev–Trinajstić information content (AvgIpc) is 2.14. The predicted molar refractivity (Wildman–Crippen MR) is 59.1 cm³/mol. The van der Waals surface area contributed by atoms with Crippen molar-refractivity contribution in [1.82, 2.24) is 0 Å². The third-order valence-corrected chi connectivity index (χ3v) is 4.45. The second-order valence-electron chi connectivity index (χ2n) is 3.04. The molecule has 1 aromatic rings. The number of benzene rings is 1. The molecule has 0 bridgehead atoms. The first-order valence-corrected chi connectivity index (χ1v) is 7.63. The topological polar surface area (TPSA) is 129 Å². The zero-order valence-electron chi connectivity index (χ0n) is 8.35. The van der Waals surface area contributed by atoms with Gasteiger partial charge in [0.05, 0.1) is 14.7 Å². The Bertz CT molecular complexity index is 604. The standard InChI is InChI=1S/C7H8O7S3/c1-4-2-5(15(8)9)6(16(10)11)3-7(4)17(12,13)14/h2-3H,1H3,(H,8,9)(H,10,11)(H,12,13,14). The second kappa shape index (κ2) is 4.92. The zero-order valence-corrected chi connectivity index (χ0v) is 10.8. The molecule has 2 unspecified atom stereocenters. The van der Waals surface area contributed by atoms with Crippen LogP contribution in [0.2, 0.25) is 0 Å². The van der Waals surface area contributed by atoms with Gasteiger partial charge in [0.15, 0.2) is 22.2 Å². The van der Waals surface area contributed by atoms with Crippen LogP contribution in [0.4, 0.5) is 0 Å². The van der Waals surface area contributed by atoms with Crippen molar-refractivity contribution in [2.45, 2.75) is 21.6 Å². The van der Waals surface area contributed by atoms with Crippen molar-refractivity contribution in [2.24, 2.45) is 0 Å². The summed E-state index contributed by atoms with van der Waals surface area (Å²) in [5.74, 6) is 0. The number of hydrogen-bond acceptors (Lipinski definition) is 4. The van der Waals surface area contributed by atoms with E-state index in [9.17, 15) is 16.8 Å². The molecule has 0 fully saturated rings. The highest BCUT2D eigenvalue weighted by atomic mass is 32.2. The lowest BCUT2D eigenvalue weighted by atomic mass is 10.2. The molecule has 2 atom stereocenters. The van der Waals surface area contributed by atoms with Crippen LogP contribution >= 0.6 is 0 Å². The van der Waals surface area contributed by atoms with Crippen molar-refractivity contribution >= 4 is 32.3 Å². The maximum atomic E-state index is 10.9. The molecule has 0 spiro atoms. The third-order valence-electron chi connectivity index (χ3n) is 1.90. The van der Waals surface area contributed by atoms with Gasteiger partial charge in [-0.2, -0.15) is 8.42 Å². The molecule has 0 aliphatic heterocycles. The number of rotatable bonds is 3. The zero-order chi connectivity index (χ0) is 13.4. The normalized spacial score (nSPS) is 15.5. The van der Waals surface area contributed by atoms with Crippen LogP contribution in [-0.2, 0) is 32.3 Å². The molecular formula is C7H8O7S3. The van der Waals surface area contributed by atoms with Crippen molar-refractivity contribution in [1.29, 1.82) is 0 Å². The summed E-state index contributed by atoms with van der Waals surface area (Å²) in [6.45, 7) is 1.28. The van der Waals surface area contributed by atoms with Crippen LogP contribution in [0.1, 0.15) is 5.56 Å². The van der Waals surface area contributed by atoms with E-state index < -0.39 is 42.1 Å². The molecule has 0 aromatic heterocycles. The molecule has 10 heteroatoms. The molecular weight excluding hydrogens is 292 g/mol. The van der Waals surface area contributed by atoms with Crippen LogP contribution in [0.5, 0.6) is 0 Å². The van der Waals surface area contributed by atoms with E-state index in [2.05, 4.69) is 0 Å². The molecule has 0 saturated heterocycles. The first kappa shape index (κ1) is 14.4. The van der Waals surface area contributed by atoms with Crippen LogP contribution in [0.3, 0.4) is 0 Å². The summed E-state index contributed by atoms with van der Waals surface area (Å²) < 4.78 is 70.3. The Morgan fingerprint density at radius 1 is 1.06 bits per heavy atom. The van der Waals surface area contributed by atoms with E-state index in [1.807, 2.05) is 0 Å². The molecule has 1 rings (SSSR count). The lowest BCUT2D eigenvalue weighted by molar-refractivity contribution is 0.481. The summed E-state index contributed by atoms with van der Waals surface area (Å²) in [5, 5.41) is 0. The van der Waals surface area contributed by atoms with Gasteiger partial charge in [-0.05, 0) is 24.6 Å². The van der Waals surface area contributed by atoms with Gasteiger partial charge in [0.25, 0.3) is 10.1 Å². The lowest BCUT2D eigenvalue weighted by Gasteiger charge is -2.07. The Hall–Kier alpha value is -0.650. The fraction of sp³-hybridized carbons (Fsp3) is 0.143. The second-order valence-corrected chi connectivity index (χ2v) is 6.30. The van der Waals surface area contributed by atoms with Gasteiger partial charge in [-0.1, -0.05) is 0 Å². The first-order valence-electron chi connectivity index (χ1n) is 3.98. The van der Waals surface area contributed by atoms with Gasteiger partial charge in [-0.15, -0.1) is 0 Å². The molecule has 17 heavy (non-hydrogen) atoms. The molecule has 0 amide bonds. The maximum Gasteiger partial charge on any atom is 0.294 e. The molecule has 0 radical (unpaired) electrons. The van der Waals surface area contributed by atoms with Crippen molar-refractivity contribution < 1.29 is 30.5 Å². The number of hydrogen-bond donors (Lipinski definition) is 3. The Balaban J connectivity index is 3.69. The van der Waals surface area contributed by atoms with Gasteiger partial charge in [-0.25, -0.2) is 8.42 Å². The van der Waals surface area contributed by atoms with Gasteiger partial charge in [-0.3, -0.25) is 4.55 Å². The van der Waals surface area contributed by atoms with Gasteiger partial charge < -0.3 is 9.11 Å². The number of aryl methyl sites for hydroxylation is 1. The van der Waals surface area contributed by atoms with E-state index in [4.69, 9.17) is 13.7 Å². The molecule has 0 aliphatic carbocycles. The van der Waals surface area contributed by atoms with Gasteiger partial charge >= 0.3 is 0 Å². The quantitative estimate of drug-likeness (QED) is 0.544. The molecule has 1 aromatic carbocycles. The van der Waals surface area contributed by atoms with Crippen LogP contribution < -0.4 is 0 Å². The van der Waals surface area contributed by atoms with E-state index in [0.717, 1.165) is 6.07 Å². The van der Waals surface area contributed by atoms with Crippen molar-refractivity contribution in [3.63, 3.8) is 0 Å². The van der Waals surface area contributed by atoms with E-state index >= 15 is 0 Å². The fourth-order valence-corrected chi connectivity index (χ4v) is 3.39. The first-order chi connectivity index (χ1) is 7.64. The monoisotopic (exact) mass is 300 g/mol. The van der Waals surface area contributed by atoms with E-state index in [1.54, 1.807) is 0 Å². The summed E-state index contributed by atoms with van der Waals surface area (Å²) in [6.07, 6.45) is 0. The Kier molecular flexibility index (Phi) is 4.17. The molecule has 7 nitrogen and oxygen atoms in total. The Morgan fingerprint density at radius 2 is 1.47 bits per heavy atom. The highest BCUT2D eigenvalue weighted by Gasteiger charge is 2.21. The predicted octanol–water partition coefficient (Wildman–Crippen LogP) is 0.403. The Morgan fingerprint density at radius 3 is 1.82 bits per heavy atom. The van der Waals surface area contributed by atoms with Crippen LogP contribution in [-0.4, -0.2) is 30.5 Å². The molecule has 3 N–H and O–H groups in total. The maximum absolute atomic E-state index is 10.9. The summed E-state index contributed by atoms with van der Waals surface area (Å²) >= 11 is -5.18. The van der Waals surface area contributed by atoms with Crippen LogP contribution in [0, 0.1) is 6.92 Å². The molecule has 96 valence electrons. The van der Waals surface area contributed by atoms with Crippen molar-refractivity contribution in [3.8, 4) is 0 Å². The molecule has 0 heterocycles. The minimum Gasteiger partial charge on any atom is -0.302 e. The minimum atomic E-state index is -4.56. The molecule has 0 saturated carbocycles. The van der Waals surface area contributed by atoms with E-state index in [1.165, 1.54) is 6.92 Å². The van der Waals surface area contributed by atoms with Crippen molar-refractivity contribution in [3.05, 3.63) is 17.7 Å². The Labute approximate surface area is 102 Å². The third kappa shape index (κ3) is 3.18. The molecule has 0 aliphatic rings. The summed E-state index contributed by atoms with van der Waals surface area (Å²) in [7, 11) is -4.56. The SMILES string of the molecule is Cc1cc(S(=O)O)c(S(=O)O)cc1S(=O)(=O)O. The van der Waals surface area contributed by atoms with Crippen LogP contribution in [0.15, 0.2) is 26.8 Å². The highest BCUT2D eigenvalue weighted by molar-refractivity contribution is 7.86. The lowest BCUT2D eigenvalue weighted by Crippen LogP contribution is -2.06. The highest BCUT2D eigenvalue weighted by Crippen LogP contribution is 2.24. The van der Waals surface area contributed by atoms with Gasteiger partial charge in [0.2, 0.25) is 0 Å². The largest absolute Gasteiger partial charge is 0.302 e. The minimum absolute atomic E-state index is 0.000833. The average molecular weight is 300 g/mol. The van der Waals surface area contributed by atoms with Gasteiger partial charge in [0, 0.05) is 0 Å². The fourth-order valence-electron chi connectivity index (χ4n) is 1.19. The summed E-state index contributed by atoms with van der Waals surface area (Å²) in [4.78, 5) is -1.50. The summed E-state index contributed by atoms with van der Waals surface area (Å²) in [5.41, 5.74) is -0.000833. The van der Waals surface area contributed by atoms with Crippen molar-refractivity contribution in [2.75, 3.05) is 0 Å². The summed E-state index contributed by atoms with van der Waals surface area (Å²) in [6, 6.07) is 1.66. The van der Waals surface area contributed by atoms with Crippen LogP contribution in [0.25, 0.3) is 0 Å². The van der Waals surface area contributed by atoms with E-state index in [0.29, 0.717) is 6.07 Å². The van der Waals surface area contributed by atoms with Gasteiger partial charge in [0.1, 0.15) is 0 Å². The smallest absolute Gasteiger partial charge is 0.294 e. The van der Waals surface area contributed by atoms with E-state index in [-0.39, 0.29) is 10.5 Å².